The third kappa shape index (κ3) is 4.97. The molecule has 1 unspecified atom stereocenters. The standard InChI is InChI=1S/C19H22Cl2N2O/c1-3-18(22-2)19(24)23-11-10-14-4-5-15(12-17(14)21)13-6-8-16(20)9-7-13/h4-9,12,18,22H,3,10-11H2,1-2H3,(H,23,24). The van der Waals surface area contributed by atoms with Gasteiger partial charge in [0.1, 0.15) is 0 Å². The van der Waals surface area contributed by atoms with Gasteiger partial charge in [0.15, 0.2) is 0 Å². The van der Waals surface area contributed by atoms with Crippen LogP contribution in [0.5, 0.6) is 0 Å². The zero-order valence-corrected chi connectivity index (χ0v) is 15.4. The van der Waals surface area contributed by atoms with Crippen molar-refractivity contribution in [3.8, 4) is 11.1 Å². The third-order valence-corrected chi connectivity index (χ3v) is 4.60. The van der Waals surface area contributed by atoms with Gasteiger partial charge in [0.2, 0.25) is 5.91 Å². The molecule has 0 saturated carbocycles. The molecule has 0 aliphatic rings. The van der Waals surface area contributed by atoms with Crippen molar-refractivity contribution >= 4 is 29.1 Å². The predicted molar refractivity (Wildman–Crippen MR) is 102 cm³/mol. The summed E-state index contributed by atoms with van der Waals surface area (Å²) in [5.41, 5.74) is 3.14. The van der Waals surface area contributed by atoms with Crippen LogP contribution in [0.3, 0.4) is 0 Å². The van der Waals surface area contributed by atoms with E-state index in [0.717, 1.165) is 23.1 Å². The number of amides is 1. The highest BCUT2D eigenvalue weighted by Gasteiger charge is 2.13. The van der Waals surface area contributed by atoms with Crippen molar-refractivity contribution in [1.29, 1.82) is 0 Å². The molecule has 0 heterocycles. The van der Waals surface area contributed by atoms with Gasteiger partial charge in [-0.2, -0.15) is 0 Å². The molecule has 2 aromatic rings. The highest BCUT2D eigenvalue weighted by molar-refractivity contribution is 6.31. The summed E-state index contributed by atoms with van der Waals surface area (Å²) in [4.78, 5) is 11.9. The maximum Gasteiger partial charge on any atom is 0.237 e. The van der Waals surface area contributed by atoms with Crippen LogP contribution >= 0.6 is 23.2 Å². The van der Waals surface area contributed by atoms with Gasteiger partial charge in [-0.25, -0.2) is 0 Å². The lowest BCUT2D eigenvalue weighted by molar-refractivity contribution is -0.123. The van der Waals surface area contributed by atoms with E-state index in [-0.39, 0.29) is 11.9 Å². The average Bonchev–Trinajstić information content (AvgIpc) is 2.58. The molecule has 0 fully saturated rings. The molecule has 1 amide bonds. The first-order valence-electron chi connectivity index (χ1n) is 8.04. The van der Waals surface area contributed by atoms with Crippen LogP contribution in [0.15, 0.2) is 42.5 Å². The minimum Gasteiger partial charge on any atom is -0.354 e. The Morgan fingerprint density at radius 1 is 1.08 bits per heavy atom. The Morgan fingerprint density at radius 3 is 2.33 bits per heavy atom. The summed E-state index contributed by atoms with van der Waals surface area (Å²) in [6, 6.07) is 13.5. The minimum atomic E-state index is -0.146. The minimum absolute atomic E-state index is 0.0221. The van der Waals surface area contributed by atoms with Crippen molar-refractivity contribution in [3.63, 3.8) is 0 Å². The second kappa shape index (κ2) is 9.07. The molecule has 0 aliphatic carbocycles. The lowest BCUT2D eigenvalue weighted by Crippen LogP contribution is -2.42. The van der Waals surface area contributed by atoms with Crippen LogP contribution in [0.4, 0.5) is 0 Å². The SMILES string of the molecule is CCC(NC)C(=O)NCCc1ccc(-c2ccc(Cl)cc2)cc1Cl. The molecule has 0 aromatic heterocycles. The lowest BCUT2D eigenvalue weighted by atomic mass is 10.0. The number of benzene rings is 2. The Balaban J connectivity index is 1.97. The molecule has 128 valence electrons. The van der Waals surface area contributed by atoms with E-state index in [4.69, 9.17) is 23.2 Å². The van der Waals surface area contributed by atoms with E-state index in [1.165, 1.54) is 0 Å². The average molecular weight is 365 g/mol. The quantitative estimate of drug-likeness (QED) is 0.767. The highest BCUT2D eigenvalue weighted by Crippen LogP contribution is 2.26. The number of hydrogen-bond acceptors (Lipinski definition) is 2. The topological polar surface area (TPSA) is 41.1 Å². The Labute approximate surface area is 153 Å². The van der Waals surface area contributed by atoms with E-state index in [1.54, 1.807) is 7.05 Å². The summed E-state index contributed by atoms with van der Waals surface area (Å²) in [5.74, 6) is 0.0221. The Hall–Kier alpha value is -1.55. The van der Waals surface area contributed by atoms with Crippen molar-refractivity contribution in [2.75, 3.05) is 13.6 Å². The fourth-order valence-corrected chi connectivity index (χ4v) is 2.94. The van der Waals surface area contributed by atoms with Gasteiger partial charge in [-0.05, 0) is 54.8 Å². The van der Waals surface area contributed by atoms with Crippen LogP contribution in [0.1, 0.15) is 18.9 Å². The van der Waals surface area contributed by atoms with Gasteiger partial charge in [-0.1, -0.05) is 54.4 Å². The maximum absolute atomic E-state index is 11.9. The summed E-state index contributed by atoms with van der Waals surface area (Å²) in [5, 5.41) is 7.35. The fourth-order valence-electron chi connectivity index (χ4n) is 2.54. The molecule has 0 radical (unpaired) electrons. The van der Waals surface area contributed by atoms with Gasteiger partial charge in [-0.15, -0.1) is 0 Å². The first kappa shape index (κ1) is 18.8. The van der Waals surface area contributed by atoms with Gasteiger partial charge in [0.25, 0.3) is 0 Å². The summed E-state index contributed by atoms with van der Waals surface area (Å²) in [7, 11) is 1.79. The van der Waals surface area contributed by atoms with Crippen LogP contribution in [-0.2, 0) is 11.2 Å². The predicted octanol–water partition coefficient (Wildman–Crippen LogP) is 4.32. The van der Waals surface area contributed by atoms with Crippen LogP contribution in [0.25, 0.3) is 11.1 Å². The molecule has 2 rings (SSSR count). The normalized spacial score (nSPS) is 12.0. The van der Waals surface area contributed by atoms with Crippen molar-refractivity contribution in [2.45, 2.75) is 25.8 Å². The van der Waals surface area contributed by atoms with Crippen molar-refractivity contribution in [2.24, 2.45) is 0 Å². The molecule has 24 heavy (non-hydrogen) atoms. The molecule has 0 bridgehead atoms. The van der Waals surface area contributed by atoms with Crippen LogP contribution in [-0.4, -0.2) is 25.5 Å². The van der Waals surface area contributed by atoms with Crippen LogP contribution in [0, 0.1) is 0 Å². The van der Waals surface area contributed by atoms with E-state index >= 15 is 0 Å². The molecule has 0 saturated heterocycles. The van der Waals surface area contributed by atoms with E-state index < -0.39 is 0 Å². The van der Waals surface area contributed by atoms with E-state index in [2.05, 4.69) is 10.6 Å². The largest absolute Gasteiger partial charge is 0.354 e. The Morgan fingerprint density at radius 2 is 1.75 bits per heavy atom. The monoisotopic (exact) mass is 364 g/mol. The summed E-state index contributed by atoms with van der Waals surface area (Å²) < 4.78 is 0. The molecular formula is C19H22Cl2N2O. The highest BCUT2D eigenvalue weighted by atomic mass is 35.5. The summed E-state index contributed by atoms with van der Waals surface area (Å²) in [6.07, 6.45) is 1.46. The number of carbonyl (C=O) groups excluding carboxylic acids is 1. The van der Waals surface area contributed by atoms with Gasteiger partial charge >= 0.3 is 0 Å². The smallest absolute Gasteiger partial charge is 0.237 e. The Kier molecular flexibility index (Phi) is 7.10. The third-order valence-electron chi connectivity index (χ3n) is 4.00. The van der Waals surface area contributed by atoms with Crippen LogP contribution < -0.4 is 10.6 Å². The lowest BCUT2D eigenvalue weighted by Gasteiger charge is -2.14. The second-order valence-electron chi connectivity index (χ2n) is 5.60. The number of halogens is 2. The zero-order chi connectivity index (χ0) is 17.5. The molecule has 2 aromatic carbocycles. The fraction of sp³-hybridized carbons (Fsp3) is 0.316. The van der Waals surface area contributed by atoms with Gasteiger partial charge in [0.05, 0.1) is 6.04 Å². The first-order chi connectivity index (χ1) is 11.5. The Bertz CT molecular complexity index is 682. The van der Waals surface area contributed by atoms with Gasteiger partial charge in [0, 0.05) is 16.6 Å². The van der Waals surface area contributed by atoms with E-state index in [0.29, 0.717) is 23.0 Å². The van der Waals surface area contributed by atoms with Crippen molar-refractivity contribution < 1.29 is 4.79 Å². The molecular weight excluding hydrogens is 343 g/mol. The molecule has 5 heteroatoms. The summed E-state index contributed by atoms with van der Waals surface area (Å²) in [6.45, 7) is 2.55. The van der Waals surface area contributed by atoms with Crippen molar-refractivity contribution in [3.05, 3.63) is 58.1 Å². The molecule has 3 nitrogen and oxygen atoms in total. The number of likely N-dealkylation sites (N-methyl/N-ethyl adjacent to an activating group) is 1. The number of hydrogen-bond donors (Lipinski definition) is 2. The first-order valence-corrected chi connectivity index (χ1v) is 8.80. The molecule has 0 spiro atoms. The molecule has 1 atom stereocenters. The second-order valence-corrected chi connectivity index (χ2v) is 6.45. The van der Waals surface area contributed by atoms with Crippen LogP contribution in [0.2, 0.25) is 10.0 Å². The number of carbonyl (C=O) groups is 1. The van der Waals surface area contributed by atoms with Gasteiger partial charge < -0.3 is 10.6 Å². The number of rotatable bonds is 7. The summed E-state index contributed by atoms with van der Waals surface area (Å²) >= 11 is 12.3. The molecule has 0 aliphatic heterocycles. The molecule has 2 N–H and O–H groups in total. The maximum atomic E-state index is 11.9. The van der Waals surface area contributed by atoms with Gasteiger partial charge in [-0.3, -0.25) is 4.79 Å². The van der Waals surface area contributed by atoms with E-state index in [9.17, 15) is 4.79 Å². The number of nitrogens with one attached hydrogen (secondary N) is 2. The van der Waals surface area contributed by atoms with Crippen molar-refractivity contribution in [1.82, 2.24) is 10.6 Å². The van der Waals surface area contributed by atoms with E-state index in [1.807, 2.05) is 49.4 Å². The zero-order valence-electron chi connectivity index (χ0n) is 13.9.